The van der Waals surface area contributed by atoms with Gasteiger partial charge < -0.3 is 4.74 Å². The summed E-state index contributed by atoms with van der Waals surface area (Å²) in [7, 11) is 0. The molecule has 4 rings (SSSR count). The molecule has 7 heteroatoms. The van der Waals surface area contributed by atoms with Crippen LogP contribution in [-0.2, 0) is 9.53 Å². The Bertz CT molecular complexity index is 899. The van der Waals surface area contributed by atoms with Gasteiger partial charge in [0.2, 0.25) is 5.95 Å². The number of imidazole rings is 1. The van der Waals surface area contributed by atoms with Crippen LogP contribution in [0.15, 0.2) is 36.7 Å². The fourth-order valence-electron chi connectivity index (χ4n) is 2.95. The Morgan fingerprint density at radius 3 is 3.08 bits per heavy atom. The van der Waals surface area contributed by atoms with Crippen molar-refractivity contribution >= 4 is 17.5 Å². The fourth-order valence-corrected chi connectivity index (χ4v) is 2.95. The van der Waals surface area contributed by atoms with E-state index in [9.17, 15) is 4.79 Å². The second-order valence-corrected chi connectivity index (χ2v) is 5.73. The minimum atomic E-state index is -0.408. The number of pyridine rings is 1. The van der Waals surface area contributed by atoms with E-state index in [0.717, 1.165) is 29.9 Å². The number of hydrogen-bond acceptors (Lipinski definition) is 5. The highest BCUT2D eigenvalue weighted by molar-refractivity contribution is 5.93. The zero-order chi connectivity index (χ0) is 16.5. The van der Waals surface area contributed by atoms with Crippen LogP contribution in [0.2, 0.25) is 0 Å². The molecule has 1 aliphatic heterocycles. The number of amides is 1. The van der Waals surface area contributed by atoms with Crippen LogP contribution in [0.1, 0.15) is 18.5 Å². The van der Waals surface area contributed by atoms with E-state index < -0.39 is 6.10 Å². The van der Waals surface area contributed by atoms with E-state index >= 15 is 0 Å². The first-order valence-electron chi connectivity index (χ1n) is 7.92. The molecular weight excluding hydrogens is 306 g/mol. The summed E-state index contributed by atoms with van der Waals surface area (Å²) in [5.41, 5.74) is 3.33. The third-order valence-electron chi connectivity index (χ3n) is 4.06. The second kappa shape index (κ2) is 6.01. The molecule has 1 aliphatic rings. The topological polar surface area (TPSA) is 81.4 Å². The van der Waals surface area contributed by atoms with Gasteiger partial charge in [-0.15, -0.1) is 0 Å². The Morgan fingerprint density at radius 1 is 1.33 bits per heavy atom. The maximum atomic E-state index is 12.2. The van der Waals surface area contributed by atoms with Gasteiger partial charge in [0.1, 0.15) is 11.8 Å². The minimum Gasteiger partial charge on any atom is -0.368 e. The van der Waals surface area contributed by atoms with Gasteiger partial charge in [-0.2, -0.15) is 0 Å². The van der Waals surface area contributed by atoms with Crippen molar-refractivity contribution in [2.75, 3.05) is 11.9 Å². The standard InChI is InChI=1S/C17H17N5O2/c1-11-15(22-9-3-2-6-14(22)19-11)12-7-8-18-17(20-12)21-16(23)13-5-4-10-24-13/h2-3,6-9,13H,4-5,10H2,1H3,(H,18,20,21,23). The largest absolute Gasteiger partial charge is 0.368 e. The molecule has 7 nitrogen and oxygen atoms in total. The van der Waals surface area contributed by atoms with Crippen LogP contribution in [0.4, 0.5) is 5.95 Å². The Kier molecular flexibility index (Phi) is 3.70. The minimum absolute atomic E-state index is 0.195. The van der Waals surface area contributed by atoms with Crippen LogP contribution in [0.25, 0.3) is 17.0 Å². The van der Waals surface area contributed by atoms with Gasteiger partial charge in [-0.1, -0.05) is 6.07 Å². The van der Waals surface area contributed by atoms with E-state index in [1.807, 2.05) is 41.8 Å². The number of fused-ring (bicyclic) bond motifs is 1. The molecule has 3 aromatic rings. The number of carbonyl (C=O) groups is 1. The Morgan fingerprint density at radius 2 is 2.25 bits per heavy atom. The van der Waals surface area contributed by atoms with E-state index in [0.29, 0.717) is 12.3 Å². The summed E-state index contributed by atoms with van der Waals surface area (Å²) >= 11 is 0. The third-order valence-corrected chi connectivity index (χ3v) is 4.06. The molecule has 24 heavy (non-hydrogen) atoms. The van der Waals surface area contributed by atoms with Crippen molar-refractivity contribution < 1.29 is 9.53 Å². The number of aromatic nitrogens is 4. The van der Waals surface area contributed by atoms with Gasteiger partial charge in [-0.3, -0.25) is 14.5 Å². The summed E-state index contributed by atoms with van der Waals surface area (Å²) in [4.78, 5) is 25.3. The van der Waals surface area contributed by atoms with Crippen molar-refractivity contribution in [3.63, 3.8) is 0 Å². The number of ether oxygens (including phenoxy) is 1. The Labute approximate surface area is 138 Å². The fraction of sp³-hybridized carbons (Fsp3) is 0.294. The van der Waals surface area contributed by atoms with Crippen molar-refractivity contribution in [1.29, 1.82) is 0 Å². The molecular formula is C17H17N5O2. The number of anilines is 1. The van der Waals surface area contributed by atoms with E-state index in [2.05, 4.69) is 20.3 Å². The van der Waals surface area contributed by atoms with Crippen molar-refractivity contribution in [2.24, 2.45) is 0 Å². The average Bonchev–Trinajstić information content (AvgIpc) is 3.22. The summed E-state index contributed by atoms with van der Waals surface area (Å²) < 4.78 is 7.36. The summed E-state index contributed by atoms with van der Waals surface area (Å²) in [6.07, 6.45) is 4.81. The van der Waals surface area contributed by atoms with Crippen molar-refractivity contribution in [3.8, 4) is 11.4 Å². The second-order valence-electron chi connectivity index (χ2n) is 5.73. The molecule has 0 radical (unpaired) electrons. The molecule has 1 saturated heterocycles. The molecule has 0 saturated carbocycles. The van der Waals surface area contributed by atoms with Crippen LogP contribution in [-0.4, -0.2) is 38.0 Å². The SMILES string of the molecule is Cc1nc2ccccn2c1-c1ccnc(NC(=O)C2CCCO2)n1. The number of carbonyl (C=O) groups excluding carboxylic acids is 1. The summed E-state index contributed by atoms with van der Waals surface area (Å²) in [5, 5.41) is 2.74. The average molecular weight is 323 g/mol. The lowest BCUT2D eigenvalue weighted by molar-refractivity contribution is -0.124. The molecule has 0 aliphatic carbocycles. The molecule has 1 atom stereocenters. The monoisotopic (exact) mass is 323 g/mol. The molecule has 122 valence electrons. The van der Waals surface area contributed by atoms with E-state index in [1.54, 1.807) is 6.20 Å². The van der Waals surface area contributed by atoms with Crippen LogP contribution in [0, 0.1) is 6.92 Å². The Hall–Kier alpha value is -2.80. The smallest absolute Gasteiger partial charge is 0.255 e. The van der Waals surface area contributed by atoms with Crippen molar-refractivity contribution in [3.05, 3.63) is 42.4 Å². The van der Waals surface area contributed by atoms with Gasteiger partial charge in [-0.25, -0.2) is 15.0 Å². The first-order chi connectivity index (χ1) is 11.7. The molecule has 1 fully saturated rings. The highest BCUT2D eigenvalue weighted by Gasteiger charge is 2.24. The molecule has 0 spiro atoms. The number of nitrogens with zero attached hydrogens (tertiary/aromatic N) is 4. The van der Waals surface area contributed by atoms with Crippen LogP contribution in [0.5, 0.6) is 0 Å². The normalized spacial score (nSPS) is 17.3. The predicted octanol–water partition coefficient (Wildman–Crippen LogP) is 2.22. The molecule has 0 bridgehead atoms. The summed E-state index contributed by atoms with van der Waals surface area (Å²) in [5.74, 6) is 0.0813. The van der Waals surface area contributed by atoms with Crippen molar-refractivity contribution in [2.45, 2.75) is 25.9 Å². The van der Waals surface area contributed by atoms with Gasteiger partial charge in [-0.05, 0) is 38.0 Å². The maximum absolute atomic E-state index is 12.2. The first kappa shape index (κ1) is 14.8. The summed E-state index contributed by atoms with van der Waals surface area (Å²) in [6.45, 7) is 2.56. The van der Waals surface area contributed by atoms with E-state index in [-0.39, 0.29) is 11.9 Å². The Balaban J connectivity index is 1.67. The third kappa shape index (κ3) is 2.63. The maximum Gasteiger partial charge on any atom is 0.255 e. The lowest BCUT2D eigenvalue weighted by Crippen LogP contribution is -2.27. The number of hydrogen-bond donors (Lipinski definition) is 1. The van der Waals surface area contributed by atoms with Gasteiger partial charge in [0.05, 0.1) is 17.1 Å². The van der Waals surface area contributed by atoms with Gasteiger partial charge >= 0.3 is 0 Å². The molecule has 4 heterocycles. The lowest BCUT2D eigenvalue weighted by Gasteiger charge is -2.10. The molecule has 1 N–H and O–H groups in total. The number of nitrogens with one attached hydrogen (secondary N) is 1. The van der Waals surface area contributed by atoms with Crippen LogP contribution in [0.3, 0.4) is 0 Å². The van der Waals surface area contributed by atoms with Gasteiger partial charge in [0, 0.05) is 19.0 Å². The summed E-state index contributed by atoms with van der Waals surface area (Å²) in [6, 6.07) is 7.64. The zero-order valence-electron chi connectivity index (χ0n) is 13.3. The molecule has 3 aromatic heterocycles. The quantitative estimate of drug-likeness (QED) is 0.799. The van der Waals surface area contributed by atoms with Gasteiger partial charge in [0.15, 0.2) is 0 Å². The van der Waals surface area contributed by atoms with Crippen molar-refractivity contribution in [1.82, 2.24) is 19.4 Å². The molecule has 1 amide bonds. The molecule has 1 unspecified atom stereocenters. The van der Waals surface area contributed by atoms with Crippen LogP contribution >= 0.6 is 0 Å². The highest BCUT2D eigenvalue weighted by Crippen LogP contribution is 2.23. The molecule has 0 aromatic carbocycles. The van der Waals surface area contributed by atoms with E-state index in [1.165, 1.54) is 0 Å². The van der Waals surface area contributed by atoms with Crippen LogP contribution < -0.4 is 5.32 Å². The van der Waals surface area contributed by atoms with E-state index in [4.69, 9.17) is 4.74 Å². The number of aryl methyl sites for hydroxylation is 1. The zero-order valence-corrected chi connectivity index (χ0v) is 13.3. The number of rotatable bonds is 3. The highest BCUT2D eigenvalue weighted by atomic mass is 16.5. The predicted molar refractivity (Wildman–Crippen MR) is 88.6 cm³/mol. The van der Waals surface area contributed by atoms with Gasteiger partial charge in [0.25, 0.3) is 5.91 Å². The first-order valence-corrected chi connectivity index (χ1v) is 7.92. The lowest BCUT2D eigenvalue weighted by atomic mass is 10.2.